The number of nitrogens with one attached hydrogen (secondary N) is 2. The van der Waals surface area contributed by atoms with Gasteiger partial charge in [0.1, 0.15) is 0 Å². The third-order valence-electron chi connectivity index (χ3n) is 3.55. The van der Waals surface area contributed by atoms with E-state index in [2.05, 4.69) is 43.5 Å². The maximum atomic E-state index is 12.1. The summed E-state index contributed by atoms with van der Waals surface area (Å²) in [4.78, 5) is 14.8. The molecule has 0 spiro atoms. The minimum Gasteiger partial charge on any atom is -0.353 e. The van der Waals surface area contributed by atoms with Gasteiger partial charge in [0.2, 0.25) is 5.91 Å². The monoisotopic (exact) mass is 266 g/mol. The van der Waals surface area contributed by atoms with Crippen molar-refractivity contribution in [2.75, 3.05) is 13.1 Å². The van der Waals surface area contributed by atoms with E-state index >= 15 is 0 Å². The number of hydrogen-bond acceptors (Lipinski definition) is 3. The van der Waals surface area contributed by atoms with Crippen molar-refractivity contribution in [2.24, 2.45) is 11.8 Å². The number of rotatable bonds is 4. The van der Waals surface area contributed by atoms with Gasteiger partial charge in [-0.05, 0) is 38.4 Å². The van der Waals surface area contributed by atoms with Crippen LogP contribution in [0.3, 0.4) is 0 Å². The summed E-state index contributed by atoms with van der Waals surface area (Å²) in [5.41, 5.74) is 0. The first-order valence-corrected chi connectivity index (χ1v) is 7.44. The molecule has 0 aromatic carbocycles. The van der Waals surface area contributed by atoms with Gasteiger partial charge in [0.15, 0.2) is 0 Å². The molecule has 18 heavy (non-hydrogen) atoms. The lowest BCUT2D eigenvalue weighted by molar-refractivity contribution is -0.126. The molecule has 1 saturated heterocycles. The Bertz CT molecular complexity index is 416. The van der Waals surface area contributed by atoms with Gasteiger partial charge in [-0.1, -0.05) is 6.92 Å². The van der Waals surface area contributed by atoms with Gasteiger partial charge in [-0.25, -0.2) is 0 Å². The summed E-state index contributed by atoms with van der Waals surface area (Å²) in [5, 5.41) is 6.41. The highest BCUT2D eigenvalue weighted by atomic mass is 32.1. The Balaban J connectivity index is 1.83. The highest BCUT2D eigenvalue weighted by Crippen LogP contribution is 2.18. The number of amides is 1. The van der Waals surface area contributed by atoms with Crippen molar-refractivity contribution in [3.05, 3.63) is 21.9 Å². The minimum atomic E-state index is 0.137. The summed E-state index contributed by atoms with van der Waals surface area (Å²) in [6.45, 7) is 8.11. The fourth-order valence-corrected chi connectivity index (χ4v) is 3.48. The van der Waals surface area contributed by atoms with Crippen LogP contribution in [0.15, 0.2) is 12.1 Å². The third-order valence-corrected chi connectivity index (χ3v) is 4.57. The Labute approximate surface area is 113 Å². The van der Waals surface area contributed by atoms with Gasteiger partial charge < -0.3 is 10.6 Å². The van der Waals surface area contributed by atoms with Gasteiger partial charge in [-0.2, -0.15) is 0 Å². The molecule has 1 aromatic rings. The van der Waals surface area contributed by atoms with E-state index in [0.717, 1.165) is 19.5 Å². The molecule has 1 aromatic heterocycles. The molecule has 1 aliphatic rings. The number of hydrogen-bond donors (Lipinski definition) is 2. The number of thiophene rings is 1. The van der Waals surface area contributed by atoms with Gasteiger partial charge in [0, 0.05) is 28.8 Å². The first-order valence-electron chi connectivity index (χ1n) is 6.62. The first-order chi connectivity index (χ1) is 8.56. The molecule has 2 N–H and O–H groups in total. The lowest BCUT2D eigenvalue weighted by atomic mass is 9.97. The molecule has 3 atom stereocenters. The standard InChI is InChI=1S/C14H22N2OS/c1-9-7-15-8-13(9)14(17)16-10(2)6-12-5-4-11(3)18-12/h4-5,9-10,13,15H,6-8H2,1-3H3,(H,16,17)/t9-,10?,13-/m1/s1. The van der Waals surface area contributed by atoms with Crippen molar-refractivity contribution < 1.29 is 4.79 Å². The second-order valence-corrected chi connectivity index (χ2v) is 6.74. The van der Waals surface area contributed by atoms with E-state index in [1.165, 1.54) is 9.75 Å². The molecule has 2 heterocycles. The van der Waals surface area contributed by atoms with E-state index in [9.17, 15) is 4.79 Å². The van der Waals surface area contributed by atoms with Crippen LogP contribution in [0.2, 0.25) is 0 Å². The molecule has 1 fully saturated rings. The summed E-state index contributed by atoms with van der Waals surface area (Å²) in [5.74, 6) is 0.784. The zero-order valence-electron chi connectivity index (χ0n) is 11.3. The van der Waals surface area contributed by atoms with Crippen LogP contribution in [-0.4, -0.2) is 25.0 Å². The molecule has 4 heteroatoms. The molecule has 0 saturated carbocycles. The highest BCUT2D eigenvalue weighted by Gasteiger charge is 2.29. The van der Waals surface area contributed by atoms with Crippen LogP contribution in [0.5, 0.6) is 0 Å². The molecule has 1 amide bonds. The van der Waals surface area contributed by atoms with Gasteiger partial charge >= 0.3 is 0 Å². The Morgan fingerprint density at radius 3 is 2.89 bits per heavy atom. The van der Waals surface area contributed by atoms with Gasteiger partial charge in [0.25, 0.3) is 0 Å². The maximum Gasteiger partial charge on any atom is 0.224 e. The first kappa shape index (κ1) is 13.6. The molecule has 2 rings (SSSR count). The maximum absolute atomic E-state index is 12.1. The van der Waals surface area contributed by atoms with Crippen molar-refractivity contribution in [1.82, 2.24) is 10.6 Å². The quantitative estimate of drug-likeness (QED) is 0.874. The van der Waals surface area contributed by atoms with Crippen molar-refractivity contribution in [3.8, 4) is 0 Å². The SMILES string of the molecule is Cc1ccc(CC(C)NC(=O)[C@@H]2CNC[C@H]2C)s1. The number of carbonyl (C=O) groups excluding carboxylic acids is 1. The van der Waals surface area contributed by atoms with Crippen LogP contribution in [0.1, 0.15) is 23.6 Å². The second kappa shape index (κ2) is 5.85. The predicted molar refractivity (Wildman–Crippen MR) is 75.9 cm³/mol. The molecular weight excluding hydrogens is 244 g/mol. The summed E-state index contributed by atoms with van der Waals surface area (Å²) >= 11 is 1.81. The van der Waals surface area contributed by atoms with E-state index in [-0.39, 0.29) is 17.9 Å². The van der Waals surface area contributed by atoms with Gasteiger partial charge in [0.05, 0.1) is 5.92 Å². The largest absolute Gasteiger partial charge is 0.353 e. The Kier molecular flexibility index (Phi) is 4.40. The van der Waals surface area contributed by atoms with Crippen LogP contribution in [0.4, 0.5) is 0 Å². The van der Waals surface area contributed by atoms with E-state index in [0.29, 0.717) is 5.92 Å². The smallest absolute Gasteiger partial charge is 0.224 e. The molecule has 1 unspecified atom stereocenters. The Morgan fingerprint density at radius 1 is 1.56 bits per heavy atom. The molecule has 3 nitrogen and oxygen atoms in total. The van der Waals surface area contributed by atoms with Crippen LogP contribution >= 0.6 is 11.3 Å². The zero-order chi connectivity index (χ0) is 13.1. The minimum absolute atomic E-state index is 0.137. The molecule has 100 valence electrons. The Morgan fingerprint density at radius 2 is 2.33 bits per heavy atom. The summed E-state index contributed by atoms with van der Waals surface area (Å²) in [6.07, 6.45) is 0.929. The van der Waals surface area contributed by atoms with E-state index in [1.807, 2.05) is 11.3 Å². The van der Waals surface area contributed by atoms with E-state index in [1.54, 1.807) is 0 Å². The molecular formula is C14H22N2OS. The summed E-state index contributed by atoms with van der Waals surface area (Å²) < 4.78 is 0. The van der Waals surface area contributed by atoms with Crippen LogP contribution in [0.25, 0.3) is 0 Å². The molecule has 0 aliphatic carbocycles. The van der Waals surface area contributed by atoms with E-state index < -0.39 is 0 Å². The average Bonchev–Trinajstić information content (AvgIpc) is 2.87. The topological polar surface area (TPSA) is 41.1 Å². The molecule has 0 radical (unpaired) electrons. The zero-order valence-corrected chi connectivity index (χ0v) is 12.1. The van der Waals surface area contributed by atoms with Crippen molar-refractivity contribution >= 4 is 17.2 Å². The summed E-state index contributed by atoms with van der Waals surface area (Å²) in [6, 6.07) is 4.50. The fourth-order valence-electron chi connectivity index (χ4n) is 2.46. The lowest BCUT2D eigenvalue weighted by Gasteiger charge is -2.18. The number of carbonyl (C=O) groups is 1. The normalized spacial score (nSPS) is 25.1. The van der Waals surface area contributed by atoms with Crippen molar-refractivity contribution in [2.45, 2.75) is 33.2 Å². The number of aryl methyl sites for hydroxylation is 1. The fraction of sp³-hybridized carbons (Fsp3) is 0.643. The van der Waals surface area contributed by atoms with Gasteiger partial charge in [-0.3, -0.25) is 4.79 Å². The third kappa shape index (κ3) is 3.33. The molecule has 1 aliphatic heterocycles. The highest BCUT2D eigenvalue weighted by molar-refractivity contribution is 7.11. The van der Waals surface area contributed by atoms with Crippen molar-refractivity contribution in [3.63, 3.8) is 0 Å². The van der Waals surface area contributed by atoms with Crippen LogP contribution in [0, 0.1) is 18.8 Å². The average molecular weight is 266 g/mol. The predicted octanol–water partition coefficient (Wildman–Crippen LogP) is 1.96. The Hall–Kier alpha value is -0.870. The second-order valence-electron chi connectivity index (χ2n) is 5.37. The van der Waals surface area contributed by atoms with Crippen LogP contribution < -0.4 is 10.6 Å². The van der Waals surface area contributed by atoms with Crippen LogP contribution in [-0.2, 0) is 11.2 Å². The van der Waals surface area contributed by atoms with Gasteiger partial charge in [-0.15, -0.1) is 11.3 Å². The lowest BCUT2D eigenvalue weighted by Crippen LogP contribution is -2.40. The van der Waals surface area contributed by atoms with E-state index in [4.69, 9.17) is 0 Å². The summed E-state index contributed by atoms with van der Waals surface area (Å²) in [7, 11) is 0. The molecule has 0 bridgehead atoms. The van der Waals surface area contributed by atoms with Crippen molar-refractivity contribution in [1.29, 1.82) is 0 Å².